The fraction of sp³-hybridized carbons (Fsp3) is 0.961. The molecule has 71 heavy (non-hydrogen) atoms. The minimum atomic E-state index is -1.92. The predicted octanol–water partition coefficient (Wildman–Crippen LogP) is 1.14. The van der Waals surface area contributed by atoms with Crippen LogP contribution in [0.15, 0.2) is 6.20 Å². The van der Waals surface area contributed by atoms with Gasteiger partial charge < -0.3 is 84.2 Å². The van der Waals surface area contributed by atoms with E-state index in [0.29, 0.717) is 36.3 Å². The van der Waals surface area contributed by atoms with E-state index in [2.05, 4.69) is 44.9 Å². The molecule has 7 fully saturated rings. The Bertz CT molecular complexity index is 1820. The third-order valence-electron chi connectivity index (χ3n) is 18.8. The first-order valence-corrected chi connectivity index (χ1v) is 26.9. The van der Waals surface area contributed by atoms with Crippen molar-refractivity contribution in [1.82, 2.24) is 15.0 Å². The molecule has 3 aliphatic heterocycles. The first-order valence-electron chi connectivity index (χ1n) is 26.9. The van der Waals surface area contributed by atoms with Gasteiger partial charge in [0.1, 0.15) is 78.9 Å². The second-order valence-electron chi connectivity index (χ2n) is 23.4. The van der Waals surface area contributed by atoms with Crippen LogP contribution in [0.3, 0.4) is 0 Å². The fourth-order valence-electron chi connectivity index (χ4n) is 14.7. The lowest BCUT2D eigenvalue weighted by Gasteiger charge is -2.61. The molecule has 0 bridgehead atoms. The summed E-state index contributed by atoms with van der Waals surface area (Å²) in [6, 6.07) is 0. The molecular formula is C51H87N3O17. The van der Waals surface area contributed by atoms with E-state index in [1.54, 1.807) is 4.68 Å². The zero-order valence-corrected chi connectivity index (χ0v) is 42.5. The van der Waals surface area contributed by atoms with Gasteiger partial charge in [0.2, 0.25) is 0 Å². The maximum absolute atomic E-state index is 11.4. The molecule has 20 nitrogen and oxygen atoms in total. The predicted molar refractivity (Wildman–Crippen MR) is 251 cm³/mol. The van der Waals surface area contributed by atoms with Crippen molar-refractivity contribution in [2.45, 2.75) is 229 Å². The minimum absolute atomic E-state index is 0.0221. The van der Waals surface area contributed by atoms with Crippen LogP contribution in [0.5, 0.6) is 0 Å². The number of aliphatic hydroxyl groups excluding tert-OH is 10. The van der Waals surface area contributed by atoms with Crippen molar-refractivity contribution in [2.75, 3.05) is 26.4 Å². The summed E-state index contributed by atoms with van der Waals surface area (Å²) in [6.07, 6.45) is -6.73. The molecule has 24 atom stereocenters. The van der Waals surface area contributed by atoms with Crippen LogP contribution in [-0.2, 0) is 46.3 Å². The number of rotatable bonds is 20. The lowest BCUT2D eigenvalue weighted by atomic mass is 9.44. The molecule has 4 heterocycles. The van der Waals surface area contributed by atoms with Crippen LogP contribution < -0.4 is 0 Å². The van der Waals surface area contributed by atoms with Gasteiger partial charge >= 0.3 is 0 Å². The molecular weight excluding hydrogens is 927 g/mol. The van der Waals surface area contributed by atoms with Crippen molar-refractivity contribution in [3.8, 4) is 0 Å². The highest BCUT2D eigenvalue weighted by Crippen LogP contribution is 2.68. The van der Waals surface area contributed by atoms with Crippen molar-refractivity contribution in [3.63, 3.8) is 0 Å². The Morgan fingerprint density at radius 3 is 1.99 bits per heavy atom. The van der Waals surface area contributed by atoms with Crippen LogP contribution in [0.2, 0.25) is 0 Å². The zero-order chi connectivity index (χ0) is 50.9. The number of aliphatic hydroxyl groups is 10. The van der Waals surface area contributed by atoms with Crippen molar-refractivity contribution >= 4 is 0 Å². The second kappa shape index (κ2) is 23.8. The smallest absolute Gasteiger partial charge is 0.187 e. The van der Waals surface area contributed by atoms with Crippen LogP contribution in [0.25, 0.3) is 0 Å². The highest BCUT2D eigenvalue weighted by Gasteiger charge is 2.61. The Morgan fingerprint density at radius 1 is 0.648 bits per heavy atom. The van der Waals surface area contributed by atoms with Crippen LogP contribution in [-0.4, -0.2) is 191 Å². The Kier molecular flexibility index (Phi) is 18.7. The number of ether oxygens (including phenoxy) is 7. The van der Waals surface area contributed by atoms with Gasteiger partial charge in [0.15, 0.2) is 18.9 Å². The molecule has 8 rings (SSSR count). The lowest BCUT2D eigenvalue weighted by Crippen LogP contribution is -2.66. The summed E-state index contributed by atoms with van der Waals surface area (Å²) in [6.45, 7) is 11.1. The summed E-state index contributed by atoms with van der Waals surface area (Å²) < 4.78 is 42.7. The molecule has 1 aromatic heterocycles. The zero-order valence-electron chi connectivity index (χ0n) is 42.5. The minimum Gasteiger partial charge on any atom is -0.394 e. The van der Waals surface area contributed by atoms with Gasteiger partial charge in [-0.05, 0) is 116 Å². The van der Waals surface area contributed by atoms with E-state index in [1.807, 2.05) is 6.20 Å². The van der Waals surface area contributed by atoms with Gasteiger partial charge in [0.25, 0.3) is 0 Å². The number of aromatic nitrogens is 3. The normalized spacial score (nSPS) is 46.4. The SMILES string of the molecule is CC(C)CCC[C@@H](C)[C@H]1CC[C@H]2[C@@H]3CCC4CC(OCc5cn(CCCO[C@H]6O[C@H](CO)[C@@H](O)[C@H](O)[C@@H]6O[C@H]6O[C@H](CO)[C@@H](O)[C@H](O[C@H]7O[C@H](CO)[C@@H](O)[C@H](O)[C@@H]7O)[C@@H]6O)nn5)CC[C@]4(C)[C@H]3CC[C@]12C. The van der Waals surface area contributed by atoms with Crippen LogP contribution in [0.1, 0.15) is 124 Å². The molecule has 408 valence electrons. The number of aryl methyl sites for hydroxylation is 1. The average molecular weight is 1010 g/mol. The molecule has 2 unspecified atom stereocenters. The van der Waals surface area contributed by atoms with Gasteiger partial charge in [-0.2, -0.15) is 0 Å². The molecule has 0 aromatic carbocycles. The van der Waals surface area contributed by atoms with E-state index < -0.39 is 112 Å². The van der Waals surface area contributed by atoms with Gasteiger partial charge in [-0.15, -0.1) is 5.10 Å². The molecule has 1 aromatic rings. The second-order valence-corrected chi connectivity index (χ2v) is 23.4. The summed E-state index contributed by atoms with van der Waals surface area (Å²) in [5.41, 5.74) is 1.59. The first-order chi connectivity index (χ1) is 33.9. The summed E-state index contributed by atoms with van der Waals surface area (Å²) in [5.74, 6) is 5.69. The standard InChI is InChI=1S/C51H87N3O17/c1-26(2)8-6-9-27(3)32-12-13-33-31-11-10-28-20-30(14-16-50(28,4)34(31)15-17-51(32,33)5)66-25-29-21-54(53-52-29)18-7-19-65-49-46(42(62)39(59)36(23-56)69-49)71-48-44(64)45(40(60)37(24-57)68-48)70-47-43(63)41(61)38(58)35(22-55)67-47/h21,26-28,30-49,55-64H,6-20,22-25H2,1-5H3/t27-,28?,30?,31+,32-,33+,34+,35-,36-,37-,38-,39-,40-,41+,42+,43+,44+,45+,46+,47-,48-,49+,50+,51-/m1/s1. The maximum Gasteiger partial charge on any atom is 0.187 e. The third kappa shape index (κ3) is 11.6. The average Bonchev–Trinajstić information content (AvgIpc) is 3.97. The summed E-state index contributed by atoms with van der Waals surface area (Å²) in [5, 5.41) is 114. The van der Waals surface area contributed by atoms with E-state index in [-0.39, 0.29) is 12.7 Å². The number of nitrogens with zero attached hydrogens (tertiary/aromatic N) is 3. The van der Waals surface area contributed by atoms with Crippen molar-refractivity contribution < 1.29 is 84.2 Å². The number of hydrogen-bond acceptors (Lipinski definition) is 19. The molecule has 0 amide bonds. The van der Waals surface area contributed by atoms with Gasteiger partial charge in [0.05, 0.1) is 45.3 Å². The van der Waals surface area contributed by atoms with Crippen LogP contribution >= 0.6 is 0 Å². The first kappa shape index (κ1) is 55.7. The molecule has 0 radical (unpaired) electrons. The Balaban J connectivity index is 0.807. The van der Waals surface area contributed by atoms with Crippen molar-refractivity contribution in [1.29, 1.82) is 0 Å². The highest BCUT2D eigenvalue weighted by atomic mass is 16.8. The fourth-order valence-corrected chi connectivity index (χ4v) is 14.7. The molecule has 4 saturated carbocycles. The lowest BCUT2D eigenvalue weighted by molar-refractivity contribution is -0.385. The van der Waals surface area contributed by atoms with Crippen molar-refractivity contribution in [2.24, 2.45) is 52.3 Å². The molecule has 3 saturated heterocycles. The monoisotopic (exact) mass is 1010 g/mol. The number of fused-ring (bicyclic) bond motifs is 5. The summed E-state index contributed by atoms with van der Waals surface area (Å²) >= 11 is 0. The van der Waals surface area contributed by atoms with Gasteiger partial charge in [-0.25, -0.2) is 0 Å². The third-order valence-corrected chi connectivity index (χ3v) is 18.8. The Hall–Kier alpha value is -1.54. The largest absolute Gasteiger partial charge is 0.394 e. The number of hydrogen-bond donors (Lipinski definition) is 10. The highest BCUT2D eigenvalue weighted by molar-refractivity contribution is 5.10. The van der Waals surface area contributed by atoms with Crippen molar-refractivity contribution in [3.05, 3.63) is 11.9 Å². The topological polar surface area (TPSA) is 298 Å². The maximum atomic E-state index is 11.4. The van der Waals surface area contributed by atoms with Gasteiger partial charge in [-0.1, -0.05) is 59.1 Å². The van der Waals surface area contributed by atoms with Gasteiger partial charge in [0, 0.05) is 6.54 Å². The summed E-state index contributed by atoms with van der Waals surface area (Å²) in [4.78, 5) is 0. The molecule has 10 N–H and O–H groups in total. The van der Waals surface area contributed by atoms with Crippen LogP contribution in [0, 0.1) is 52.3 Å². The molecule has 7 aliphatic rings. The summed E-state index contributed by atoms with van der Waals surface area (Å²) in [7, 11) is 0. The van der Waals surface area contributed by atoms with E-state index >= 15 is 0 Å². The Morgan fingerprint density at radius 2 is 1.28 bits per heavy atom. The van der Waals surface area contributed by atoms with Crippen LogP contribution in [0.4, 0.5) is 0 Å². The van der Waals surface area contributed by atoms with E-state index in [4.69, 9.17) is 33.2 Å². The van der Waals surface area contributed by atoms with E-state index in [1.165, 1.54) is 64.2 Å². The van der Waals surface area contributed by atoms with E-state index in [9.17, 15) is 51.1 Å². The quantitative estimate of drug-likeness (QED) is 0.0820. The van der Waals surface area contributed by atoms with E-state index in [0.717, 1.165) is 54.0 Å². The molecule has 4 aliphatic carbocycles. The molecule has 0 spiro atoms. The Labute approximate surface area is 418 Å². The van der Waals surface area contributed by atoms with Gasteiger partial charge in [-0.3, -0.25) is 4.68 Å². The molecule has 20 heteroatoms.